The first-order valence-electron chi connectivity index (χ1n) is 11.0. The van der Waals surface area contributed by atoms with Gasteiger partial charge < -0.3 is 18.8 Å². The molecule has 1 saturated heterocycles. The van der Waals surface area contributed by atoms with Crippen LogP contribution in [0.3, 0.4) is 0 Å². The number of nitrogens with zero attached hydrogens (tertiary/aromatic N) is 3. The molecule has 1 N–H and O–H groups in total. The van der Waals surface area contributed by atoms with Gasteiger partial charge in [-0.15, -0.1) is 0 Å². The van der Waals surface area contributed by atoms with Gasteiger partial charge in [0.2, 0.25) is 0 Å². The highest BCUT2D eigenvalue weighted by atomic mass is 35.5. The summed E-state index contributed by atoms with van der Waals surface area (Å²) in [5, 5.41) is 0.595. The van der Waals surface area contributed by atoms with Gasteiger partial charge in [-0.2, -0.15) is 0 Å². The van der Waals surface area contributed by atoms with Gasteiger partial charge in [0, 0.05) is 61.7 Å². The summed E-state index contributed by atoms with van der Waals surface area (Å²) in [6, 6.07) is 8.79. The quantitative estimate of drug-likeness (QED) is 0.452. The number of anilines is 1. The van der Waals surface area contributed by atoms with Crippen LogP contribution in [0.5, 0.6) is 5.75 Å². The maximum atomic E-state index is 6.36. The number of fused-ring (bicyclic) bond motifs is 1. The molecule has 0 spiro atoms. The number of nitrogens with one attached hydrogen (secondary N) is 1. The third-order valence-corrected chi connectivity index (χ3v) is 7.48. The minimum atomic E-state index is 0.275. The van der Waals surface area contributed by atoms with Crippen LogP contribution in [0.1, 0.15) is 25.3 Å². The van der Waals surface area contributed by atoms with Gasteiger partial charge in [0.15, 0.2) is 0 Å². The second kappa shape index (κ2) is 10.3. The van der Waals surface area contributed by atoms with E-state index < -0.39 is 0 Å². The molecule has 6 nitrogen and oxygen atoms in total. The number of imidazole rings is 1. The SMILES string of the molecule is COc1cc(C)c(-c2cn3ccc(N4CCC(NSCC(C)OC)CC4)cc3n2)cc1Cl. The van der Waals surface area contributed by atoms with Crippen LogP contribution in [0.25, 0.3) is 16.9 Å². The van der Waals surface area contributed by atoms with E-state index in [1.54, 1.807) is 26.2 Å². The molecule has 1 aliphatic heterocycles. The Balaban J connectivity index is 1.44. The molecular formula is C24H31ClN4O2S. The number of ether oxygens (including phenoxy) is 2. The van der Waals surface area contributed by atoms with Crippen LogP contribution < -0.4 is 14.4 Å². The fourth-order valence-electron chi connectivity index (χ4n) is 3.99. The number of benzene rings is 1. The molecule has 4 rings (SSSR count). The number of hydrogen-bond acceptors (Lipinski definition) is 6. The van der Waals surface area contributed by atoms with Crippen LogP contribution in [0.4, 0.5) is 5.69 Å². The fraction of sp³-hybridized carbons (Fsp3) is 0.458. The highest BCUT2D eigenvalue weighted by Gasteiger charge is 2.20. The normalized spacial score (nSPS) is 16.0. The lowest BCUT2D eigenvalue weighted by molar-refractivity contribution is 0.137. The Bertz CT molecular complexity index is 1070. The molecule has 1 unspecified atom stereocenters. The average molecular weight is 475 g/mol. The average Bonchev–Trinajstić information content (AvgIpc) is 3.23. The molecule has 1 atom stereocenters. The largest absolute Gasteiger partial charge is 0.495 e. The number of hydrogen-bond donors (Lipinski definition) is 1. The van der Waals surface area contributed by atoms with Crippen LogP contribution in [0, 0.1) is 6.92 Å². The summed E-state index contributed by atoms with van der Waals surface area (Å²) < 4.78 is 16.3. The first-order valence-corrected chi connectivity index (χ1v) is 12.3. The summed E-state index contributed by atoms with van der Waals surface area (Å²) in [7, 11) is 3.39. The molecule has 1 aromatic carbocycles. The standard InChI is InChI=1S/C24H31ClN4O2S/c1-16-11-23(31-4)21(25)13-20(16)22-14-29-10-7-19(12-24(29)26-22)28-8-5-18(6-9-28)27-32-15-17(2)30-3/h7,10-14,17-18,27H,5-6,8-9,15H2,1-4H3. The Labute approximate surface area is 199 Å². The zero-order chi connectivity index (χ0) is 22.7. The van der Waals surface area contributed by atoms with E-state index in [9.17, 15) is 0 Å². The number of aryl methyl sites for hydroxylation is 1. The minimum absolute atomic E-state index is 0.275. The van der Waals surface area contributed by atoms with E-state index in [4.69, 9.17) is 26.1 Å². The van der Waals surface area contributed by atoms with E-state index in [0.29, 0.717) is 16.8 Å². The molecule has 0 amide bonds. The van der Waals surface area contributed by atoms with Crippen molar-refractivity contribution in [2.24, 2.45) is 0 Å². The van der Waals surface area contributed by atoms with Gasteiger partial charge in [0.05, 0.1) is 23.9 Å². The Morgan fingerprint density at radius 3 is 2.75 bits per heavy atom. The molecule has 0 radical (unpaired) electrons. The summed E-state index contributed by atoms with van der Waals surface area (Å²) in [4.78, 5) is 7.33. The lowest BCUT2D eigenvalue weighted by Crippen LogP contribution is -2.40. The molecule has 0 saturated carbocycles. The summed E-state index contributed by atoms with van der Waals surface area (Å²) in [6.07, 6.45) is 6.68. The van der Waals surface area contributed by atoms with E-state index in [1.807, 2.05) is 12.1 Å². The monoisotopic (exact) mass is 474 g/mol. The van der Waals surface area contributed by atoms with E-state index in [1.165, 1.54) is 5.69 Å². The second-order valence-electron chi connectivity index (χ2n) is 8.31. The van der Waals surface area contributed by atoms with Crippen molar-refractivity contribution < 1.29 is 9.47 Å². The molecule has 8 heteroatoms. The van der Waals surface area contributed by atoms with Crippen molar-refractivity contribution >= 4 is 34.9 Å². The van der Waals surface area contributed by atoms with E-state index in [-0.39, 0.29) is 6.10 Å². The Morgan fingerprint density at radius 1 is 1.25 bits per heavy atom. The van der Waals surface area contributed by atoms with Gasteiger partial charge in [0.25, 0.3) is 0 Å². The molecule has 3 heterocycles. The topological polar surface area (TPSA) is 51.0 Å². The molecule has 1 fully saturated rings. The van der Waals surface area contributed by atoms with Gasteiger partial charge in [-0.05, 0) is 50.5 Å². The van der Waals surface area contributed by atoms with Gasteiger partial charge in [-0.25, -0.2) is 4.98 Å². The van der Waals surface area contributed by atoms with Gasteiger partial charge in [-0.3, -0.25) is 4.72 Å². The molecular weight excluding hydrogens is 444 g/mol. The predicted molar refractivity (Wildman–Crippen MR) is 134 cm³/mol. The van der Waals surface area contributed by atoms with Crippen molar-refractivity contribution in [3.63, 3.8) is 0 Å². The van der Waals surface area contributed by atoms with Gasteiger partial charge in [0.1, 0.15) is 11.4 Å². The van der Waals surface area contributed by atoms with Crippen molar-refractivity contribution in [2.75, 3.05) is 38.0 Å². The first kappa shape index (κ1) is 23.2. The van der Waals surface area contributed by atoms with E-state index in [0.717, 1.165) is 54.2 Å². The number of aromatic nitrogens is 2. The zero-order valence-electron chi connectivity index (χ0n) is 19.1. The van der Waals surface area contributed by atoms with Crippen molar-refractivity contribution in [1.29, 1.82) is 0 Å². The maximum absolute atomic E-state index is 6.36. The third kappa shape index (κ3) is 5.17. The highest BCUT2D eigenvalue weighted by molar-refractivity contribution is 7.97. The van der Waals surface area contributed by atoms with Crippen LogP contribution in [-0.2, 0) is 4.74 Å². The fourth-order valence-corrected chi connectivity index (χ4v) is 5.17. The molecule has 32 heavy (non-hydrogen) atoms. The second-order valence-corrected chi connectivity index (χ2v) is 9.58. The zero-order valence-corrected chi connectivity index (χ0v) is 20.7. The van der Waals surface area contributed by atoms with Gasteiger partial charge >= 0.3 is 0 Å². The van der Waals surface area contributed by atoms with Gasteiger partial charge in [-0.1, -0.05) is 23.5 Å². The number of pyridine rings is 1. The number of piperidine rings is 1. The number of halogens is 1. The van der Waals surface area contributed by atoms with Crippen molar-refractivity contribution in [3.05, 3.63) is 47.2 Å². The van der Waals surface area contributed by atoms with Crippen LogP contribution >= 0.6 is 23.5 Å². The lowest BCUT2D eigenvalue weighted by atomic mass is 10.1. The van der Waals surface area contributed by atoms with Crippen molar-refractivity contribution in [3.8, 4) is 17.0 Å². The maximum Gasteiger partial charge on any atom is 0.139 e. The molecule has 172 valence electrons. The summed E-state index contributed by atoms with van der Waals surface area (Å²) in [5.74, 6) is 1.65. The lowest BCUT2D eigenvalue weighted by Gasteiger charge is -2.33. The molecule has 0 aliphatic carbocycles. The van der Waals surface area contributed by atoms with Crippen molar-refractivity contribution in [2.45, 2.75) is 38.8 Å². The molecule has 0 bridgehead atoms. The van der Waals surface area contributed by atoms with Crippen LogP contribution in [0.15, 0.2) is 36.7 Å². The predicted octanol–water partition coefficient (Wildman–Crippen LogP) is 5.21. The Hall–Kier alpha value is -1.93. The molecule has 3 aromatic rings. The Morgan fingerprint density at radius 2 is 2.03 bits per heavy atom. The Kier molecular flexibility index (Phi) is 7.51. The van der Waals surface area contributed by atoms with Crippen LogP contribution in [-0.4, -0.2) is 54.6 Å². The highest BCUT2D eigenvalue weighted by Crippen LogP contribution is 2.33. The third-order valence-electron chi connectivity index (χ3n) is 6.05. The van der Waals surface area contributed by atoms with Crippen molar-refractivity contribution in [1.82, 2.24) is 14.1 Å². The van der Waals surface area contributed by atoms with E-state index >= 15 is 0 Å². The minimum Gasteiger partial charge on any atom is -0.495 e. The summed E-state index contributed by atoms with van der Waals surface area (Å²) in [5.41, 5.74) is 5.18. The first-order chi connectivity index (χ1) is 15.5. The summed E-state index contributed by atoms with van der Waals surface area (Å²) >= 11 is 8.14. The molecule has 1 aliphatic rings. The smallest absolute Gasteiger partial charge is 0.139 e. The number of methoxy groups -OCH3 is 2. The van der Waals surface area contributed by atoms with E-state index in [2.05, 4.69) is 52.4 Å². The van der Waals surface area contributed by atoms with Crippen LogP contribution in [0.2, 0.25) is 5.02 Å². The summed E-state index contributed by atoms with van der Waals surface area (Å²) in [6.45, 7) is 6.22. The molecule has 2 aromatic heterocycles. The number of rotatable bonds is 8.